The van der Waals surface area contributed by atoms with E-state index in [1.807, 2.05) is 28.0 Å². The second-order valence-corrected chi connectivity index (χ2v) is 5.84. The van der Waals surface area contributed by atoms with Crippen LogP contribution >= 0.6 is 0 Å². The van der Waals surface area contributed by atoms with E-state index in [-0.39, 0.29) is 12.1 Å². The van der Waals surface area contributed by atoms with Crippen LogP contribution < -0.4 is 4.90 Å². The summed E-state index contributed by atoms with van der Waals surface area (Å²) in [5, 5.41) is 0. The van der Waals surface area contributed by atoms with E-state index in [4.69, 9.17) is 4.74 Å². The lowest BCUT2D eigenvalue weighted by Gasteiger charge is -2.38. The molecule has 2 aliphatic heterocycles. The molecule has 0 aromatic heterocycles. The van der Waals surface area contributed by atoms with E-state index in [0.29, 0.717) is 32.8 Å². The molecular weight excluding hydrogens is 294 g/mol. The number of amides is 3. The first-order chi connectivity index (χ1) is 11.2. The van der Waals surface area contributed by atoms with Gasteiger partial charge >= 0.3 is 12.1 Å². The second kappa shape index (κ2) is 6.89. The molecule has 6 heteroatoms. The molecule has 2 aliphatic rings. The lowest BCUT2D eigenvalue weighted by atomic mass is 10.0. The number of benzene rings is 1. The quantitative estimate of drug-likeness (QED) is 0.799. The topological polar surface area (TPSA) is 53.1 Å². The predicted octanol–water partition coefficient (Wildman–Crippen LogP) is 2.33. The summed E-state index contributed by atoms with van der Waals surface area (Å²) < 4.78 is 5.01. The number of rotatable bonds is 1. The van der Waals surface area contributed by atoms with Gasteiger partial charge in [-0.25, -0.2) is 9.59 Å². The van der Waals surface area contributed by atoms with Crippen LogP contribution in [0.1, 0.15) is 18.9 Å². The summed E-state index contributed by atoms with van der Waals surface area (Å²) in [5.41, 5.74) is 2.26. The van der Waals surface area contributed by atoms with E-state index in [1.54, 1.807) is 11.8 Å². The molecule has 0 aliphatic carbocycles. The predicted molar refractivity (Wildman–Crippen MR) is 87.7 cm³/mol. The largest absolute Gasteiger partial charge is 0.450 e. The highest BCUT2D eigenvalue weighted by Crippen LogP contribution is 2.27. The fourth-order valence-corrected chi connectivity index (χ4v) is 3.20. The Labute approximate surface area is 136 Å². The number of piperazine rings is 1. The Balaban J connectivity index is 1.63. The number of ether oxygens (including phenoxy) is 1. The van der Waals surface area contributed by atoms with E-state index < -0.39 is 0 Å². The van der Waals surface area contributed by atoms with E-state index in [1.165, 1.54) is 5.56 Å². The lowest BCUT2D eigenvalue weighted by molar-refractivity contribution is 0.0860. The Morgan fingerprint density at radius 1 is 1.04 bits per heavy atom. The standard InChI is InChI=1S/C17H23N3O3/c1-2-23-17(22)19-12-10-18(11-13-19)16(21)20-9-5-7-14-6-3-4-8-15(14)20/h3-4,6,8H,2,5,7,9-13H2,1H3. The molecule has 0 saturated carbocycles. The van der Waals surface area contributed by atoms with Crippen LogP contribution in [0.25, 0.3) is 0 Å². The maximum absolute atomic E-state index is 12.8. The van der Waals surface area contributed by atoms with E-state index in [0.717, 1.165) is 25.1 Å². The molecule has 1 fully saturated rings. The van der Waals surface area contributed by atoms with Crippen molar-refractivity contribution in [2.75, 3.05) is 44.2 Å². The van der Waals surface area contributed by atoms with Crippen molar-refractivity contribution in [1.29, 1.82) is 0 Å². The van der Waals surface area contributed by atoms with Crippen LogP contribution in [0.3, 0.4) is 0 Å². The molecule has 0 bridgehead atoms. The van der Waals surface area contributed by atoms with E-state index in [2.05, 4.69) is 6.07 Å². The minimum absolute atomic E-state index is 0.0423. The van der Waals surface area contributed by atoms with Crippen molar-refractivity contribution in [1.82, 2.24) is 9.80 Å². The van der Waals surface area contributed by atoms with Gasteiger partial charge in [0.05, 0.1) is 6.61 Å². The number of aryl methyl sites for hydroxylation is 1. The molecule has 0 atom stereocenters. The zero-order valence-electron chi connectivity index (χ0n) is 13.5. The first kappa shape index (κ1) is 15.6. The Bertz CT molecular complexity index is 582. The number of anilines is 1. The van der Waals surface area contributed by atoms with Crippen LogP contribution in [-0.2, 0) is 11.2 Å². The normalized spacial score (nSPS) is 17.7. The second-order valence-electron chi connectivity index (χ2n) is 5.84. The molecule has 0 N–H and O–H groups in total. The van der Waals surface area contributed by atoms with Crippen LogP contribution in [0.2, 0.25) is 0 Å². The molecule has 0 spiro atoms. The van der Waals surface area contributed by atoms with Gasteiger partial charge in [0.15, 0.2) is 0 Å². The van der Waals surface area contributed by atoms with Crippen LogP contribution in [0.4, 0.5) is 15.3 Å². The van der Waals surface area contributed by atoms with Gasteiger partial charge < -0.3 is 14.5 Å². The van der Waals surface area contributed by atoms with Gasteiger partial charge in [-0.1, -0.05) is 18.2 Å². The Hall–Kier alpha value is -2.24. The Morgan fingerprint density at radius 2 is 1.74 bits per heavy atom. The number of carbonyl (C=O) groups is 2. The van der Waals surface area contributed by atoms with Gasteiger partial charge in [-0.2, -0.15) is 0 Å². The summed E-state index contributed by atoms with van der Waals surface area (Å²) in [5.74, 6) is 0. The Kier molecular flexibility index (Phi) is 4.69. The van der Waals surface area contributed by atoms with Gasteiger partial charge in [0.25, 0.3) is 0 Å². The number of carbonyl (C=O) groups excluding carboxylic acids is 2. The number of nitrogens with zero attached hydrogens (tertiary/aromatic N) is 3. The lowest BCUT2D eigenvalue weighted by Crippen LogP contribution is -2.55. The average Bonchev–Trinajstić information content (AvgIpc) is 2.61. The molecule has 6 nitrogen and oxygen atoms in total. The zero-order valence-corrected chi connectivity index (χ0v) is 13.5. The highest BCUT2D eigenvalue weighted by molar-refractivity contribution is 5.93. The van der Waals surface area contributed by atoms with Crippen molar-refractivity contribution in [3.8, 4) is 0 Å². The number of para-hydroxylation sites is 1. The van der Waals surface area contributed by atoms with Crippen LogP contribution in [0.15, 0.2) is 24.3 Å². The summed E-state index contributed by atoms with van der Waals surface area (Å²) in [6.07, 6.45) is 1.73. The van der Waals surface area contributed by atoms with Crippen molar-refractivity contribution < 1.29 is 14.3 Å². The molecule has 3 rings (SSSR count). The summed E-state index contributed by atoms with van der Waals surface area (Å²) >= 11 is 0. The van der Waals surface area contributed by atoms with Crippen LogP contribution in [0, 0.1) is 0 Å². The zero-order chi connectivity index (χ0) is 16.2. The van der Waals surface area contributed by atoms with E-state index in [9.17, 15) is 9.59 Å². The maximum Gasteiger partial charge on any atom is 0.409 e. The first-order valence-electron chi connectivity index (χ1n) is 8.26. The fraction of sp³-hybridized carbons (Fsp3) is 0.529. The third-order valence-corrected chi connectivity index (χ3v) is 4.42. The van der Waals surface area contributed by atoms with Gasteiger partial charge in [0.1, 0.15) is 0 Å². The SMILES string of the molecule is CCOC(=O)N1CCN(C(=O)N2CCCc3ccccc32)CC1. The summed E-state index contributed by atoms with van der Waals surface area (Å²) in [6, 6.07) is 8.14. The van der Waals surface area contributed by atoms with Crippen molar-refractivity contribution in [2.24, 2.45) is 0 Å². The number of fused-ring (bicyclic) bond motifs is 1. The van der Waals surface area contributed by atoms with Crippen molar-refractivity contribution >= 4 is 17.8 Å². The summed E-state index contributed by atoms with van der Waals surface area (Å²) in [4.78, 5) is 29.9. The molecule has 23 heavy (non-hydrogen) atoms. The van der Waals surface area contributed by atoms with Crippen LogP contribution in [0.5, 0.6) is 0 Å². The third kappa shape index (κ3) is 3.25. The molecule has 1 aromatic carbocycles. The molecule has 0 unspecified atom stereocenters. The smallest absolute Gasteiger partial charge is 0.409 e. The number of hydrogen-bond acceptors (Lipinski definition) is 3. The average molecular weight is 317 g/mol. The van der Waals surface area contributed by atoms with Gasteiger partial charge in [-0.3, -0.25) is 4.90 Å². The first-order valence-corrected chi connectivity index (χ1v) is 8.26. The van der Waals surface area contributed by atoms with Crippen molar-refractivity contribution in [3.63, 3.8) is 0 Å². The van der Waals surface area contributed by atoms with Crippen molar-refractivity contribution in [2.45, 2.75) is 19.8 Å². The van der Waals surface area contributed by atoms with Gasteiger partial charge in [0, 0.05) is 38.4 Å². The number of urea groups is 1. The Morgan fingerprint density at radius 3 is 2.48 bits per heavy atom. The van der Waals surface area contributed by atoms with Crippen molar-refractivity contribution in [3.05, 3.63) is 29.8 Å². The molecule has 2 heterocycles. The summed E-state index contributed by atoms with van der Waals surface area (Å²) in [6.45, 7) is 5.09. The van der Waals surface area contributed by atoms with Gasteiger partial charge in [-0.05, 0) is 31.4 Å². The van der Waals surface area contributed by atoms with E-state index >= 15 is 0 Å². The highest BCUT2D eigenvalue weighted by Gasteiger charge is 2.30. The highest BCUT2D eigenvalue weighted by atomic mass is 16.6. The van der Waals surface area contributed by atoms with Gasteiger partial charge in [0.2, 0.25) is 0 Å². The van der Waals surface area contributed by atoms with Gasteiger partial charge in [-0.15, -0.1) is 0 Å². The molecule has 1 saturated heterocycles. The maximum atomic E-state index is 12.8. The third-order valence-electron chi connectivity index (χ3n) is 4.42. The molecule has 3 amide bonds. The fourth-order valence-electron chi connectivity index (χ4n) is 3.20. The minimum Gasteiger partial charge on any atom is -0.450 e. The summed E-state index contributed by atoms with van der Waals surface area (Å²) in [7, 11) is 0. The molecular formula is C17H23N3O3. The molecule has 124 valence electrons. The van der Waals surface area contributed by atoms with Crippen LogP contribution in [-0.4, -0.2) is 61.3 Å². The molecule has 1 aromatic rings. The number of hydrogen-bond donors (Lipinski definition) is 0. The minimum atomic E-state index is -0.289. The molecule has 0 radical (unpaired) electrons. The monoisotopic (exact) mass is 317 g/mol.